The molecule has 5 nitrogen and oxygen atoms in total. The van der Waals surface area contributed by atoms with E-state index in [4.69, 9.17) is 10.6 Å². The zero-order valence-electron chi connectivity index (χ0n) is 15.1. The summed E-state index contributed by atoms with van der Waals surface area (Å²) in [7, 11) is 0. The molecule has 0 saturated heterocycles. The van der Waals surface area contributed by atoms with E-state index in [9.17, 15) is 0 Å². The van der Waals surface area contributed by atoms with Crippen LogP contribution in [0.3, 0.4) is 0 Å². The van der Waals surface area contributed by atoms with Gasteiger partial charge in [0.05, 0.1) is 0 Å². The van der Waals surface area contributed by atoms with E-state index in [1.807, 2.05) is 18.2 Å². The zero-order chi connectivity index (χ0) is 18.4. The Balaban J connectivity index is 1.51. The highest BCUT2D eigenvalue weighted by molar-refractivity contribution is 7.99. The fraction of sp³-hybridized carbons (Fsp3) is 0.300. The maximum atomic E-state index is 6.10. The average Bonchev–Trinajstić information content (AvgIpc) is 3.01. The highest BCUT2D eigenvalue weighted by atomic mass is 32.2. The van der Waals surface area contributed by atoms with Gasteiger partial charge in [-0.15, -0.1) is 10.2 Å². The molecule has 0 aliphatic heterocycles. The molecule has 2 aromatic carbocycles. The lowest BCUT2D eigenvalue weighted by atomic mass is 10.0. The number of hydrogen-bond acceptors (Lipinski definition) is 5. The molecule has 0 atom stereocenters. The SMILES string of the molecule is CC(C)c1ccc(OCc2nnc(SCCc3ccccc3)n2N)cc1. The number of nitrogen functional groups attached to an aromatic ring is 1. The Hall–Kier alpha value is -2.47. The molecule has 0 aliphatic carbocycles. The monoisotopic (exact) mass is 368 g/mol. The minimum atomic E-state index is 0.295. The molecule has 26 heavy (non-hydrogen) atoms. The van der Waals surface area contributed by atoms with Crippen LogP contribution in [0.4, 0.5) is 0 Å². The maximum Gasteiger partial charge on any atom is 0.209 e. The van der Waals surface area contributed by atoms with Gasteiger partial charge in [0.2, 0.25) is 5.16 Å². The van der Waals surface area contributed by atoms with Crippen molar-refractivity contribution in [1.82, 2.24) is 14.9 Å². The van der Waals surface area contributed by atoms with Gasteiger partial charge in [-0.3, -0.25) is 0 Å². The van der Waals surface area contributed by atoms with Crippen LogP contribution < -0.4 is 10.6 Å². The van der Waals surface area contributed by atoms with Crippen molar-refractivity contribution in [1.29, 1.82) is 0 Å². The van der Waals surface area contributed by atoms with E-state index in [2.05, 4.69) is 60.4 Å². The lowest BCUT2D eigenvalue weighted by Gasteiger charge is -2.09. The molecule has 0 spiro atoms. The third-order valence-corrected chi connectivity index (χ3v) is 5.06. The first kappa shape index (κ1) is 18.3. The minimum Gasteiger partial charge on any atom is -0.486 e. The fourth-order valence-electron chi connectivity index (χ4n) is 2.51. The molecule has 136 valence electrons. The number of rotatable bonds is 8. The molecule has 0 radical (unpaired) electrons. The van der Waals surface area contributed by atoms with Crippen molar-refractivity contribution in [2.45, 2.75) is 37.9 Å². The van der Waals surface area contributed by atoms with Gasteiger partial charge in [0.1, 0.15) is 12.4 Å². The van der Waals surface area contributed by atoms with Gasteiger partial charge in [0.25, 0.3) is 0 Å². The summed E-state index contributed by atoms with van der Waals surface area (Å²) in [4.78, 5) is 0. The Morgan fingerprint density at radius 1 is 1.04 bits per heavy atom. The molecule has 0 bridgehead atoms. The molecule has 0 unspecified atom stereocenters. The van der Waals surface area contributed by atoms with Crippen LogP contribution in [0.15, 0.2) is 59.8 Å². The lowest BCUT2D eigenvalue weighted by Crippen LogP contribution is -2.16. The third-order valence-electron chi connectivity index (χ3n) is 4.11. The van der Waals surface area contributed by atoms with Gasteiger partial charge in [-0.2, -0.15) is 0 Å². The molecule has 3 aromatic rings. The van der Waals surface area contributed by atoms with Crippen LogP contribution in [0.1, 0.15) is 36.7 Å². The molecule has 0 fully saturated rings. The predicted octanol–water partition coefficient (Wildman–Crippen LogP) is 4.03. The third kappa shape index (κ3) is 4.79. The first-order chi connectivity index (χ1) is 12.6. The Kier molecular flexibility index (Phi) is 6.17. The van der Waals surface area contributed by atoms with Crippen molar-refractivity contribution in [3.63, 3.8) is 0 Å². The Labute approximate surface area is 158 Å². The maximum absolute atomic E-state index is 6.10. The zero-order valence-corrected chi connectivity index (χ0v) is 15.9. The number of benzene rings is 2. The molecule has 1 aromatic heterocycles. The molecule has 0 aliphatic rings. The van der Waals surface area contributed by atoms with E-state index < -0.39 is 0 Å². The van der Waals surface area contributed by atoms with Crippen molar-refractivity contribution in [3.8, 4) is 5.75 Å². The van der Waals surface area contributed by atoms with Gasteiger partial charge in [-0.05, 0) is 35.6 Å². The van der Waals surface area contributed by atoms with Crippen molar-refractivity contribution in [2.75, 3.05) is 11.6 Å². The minimum absolute atomic E-state index is 0.295. The second-order valence-corrected chi connectivity index (χ2v) is 7.43. The van der Waals surface area contributed by atoms with E-state index in [0.29, 0.717) is 23.5 Å². The summed E-state index contributed by atoms with van der Waals surface area (Å²) >= 11 is 1.60. The van der Waals surface area contributed by atoms with Crippen molar-refractivity contribution in [3.05, 3.63) is 71.5 Å². The van der Waals surface area contributed by atoms with Crippen LogP contribution >= 0.6 is 11.8 Å². The summed E-state index contributed by atoms with van der Waals surface area (Å²) in [6, 6.07) is 18.5. The van der Waals surface area contributed by atoms with E-state index in [0.717, 1.165) is 17.9 Å². The van der Waals surface area contributed by atoms with Crippen LogP contribution in [0.2, 0.25) is 0 Å². The highest BCUT2D eigenvalue weighted by Gasteiger charge is 2.11. The van der Waals surface area contributed by atoms with E-state index in [1.54, 1.807) is 11.8 Å². The normalized spacial score (nSPS) is 11.0. The Morgan fingerprint density at radius 2 is 1.77 bits per heavy atom. The van der Waals surface area contributed by atoms with Crippen molar-refractivity contribution >= 4 is 11.8 Å². The smallest absolute Gasteiger partial charge is 0.209 e. The first-order valence-corrected chi connectivity index (χ1v) is 9.71. The summed E-state index contributed by atoms with van der Waals surface area (Å²) in [5.74, 6) is 8.92. The van der Waals surface area contributed by atoms with Gasteiger partial charge in [0.15, 0.2) is 5.82 Å². The number of hydrogen-bond donors (Lipinski definition) is 1. The molecule has 1 heterocycles. The first-order valence-electron chi connectivity index (χ1n) is 8.72. The fourth-order valence-corrected chi connectivity index (χ4v) is 3.37. The van der Waals surface area contributed by atoms with Crippen molar-refractivity contribution < 1.29 is 4.74 Å². The lowest BCUT2D eigenvalue weighted by molar-refractivity contribution is 0.291. The predicted molar refractivity (Wildman–Crippen MR) is 106 cm³/mol. The number of nitrogens with two attached hydrogens (primary N) is 1. The summed E-state index contributed by atoms with van der Waals surface area (Å²) in [5, 5.41) is 9.02. The van der Waals surface area contributed by atoms with Crippen LogP contribution in [0, 0.1) is 0 Å². The van der Waals surface area contributed by atoms with E-state index >= 15 is 0 Å². The van der Waals surface area contributed by atoms with Crippen molar-refractivity contribution in [2.24, 2.45) is 0 Å². The number of aromatic nitrogens is 3. The number of thioether (sulfide) groups is 1. The second-order valence-electron chi connectivity index (χ2n) is 6.37. The van der Waals surface area contributed by atoms with Crippen LogP contribution in [0.25, 0.3) is 0 Å². The standard InChI is InChI=1S/C20H24N4OS/c1-15(2)17-8-10-18(11-9-17)25-14-19-22-23-20(24(19)21)26-13-12-16-6-4-3-5-7-16/h3-11,15H,12-14,21H2,1-2H3. The Bertz CT molecular complexity index is 816. The van der Waals surface area contributed by atoms with Gasteiger partial charge < -0.3 is 10.6 Å². The molecule has 0 saturated carbocycles. The quantitative estimate of drug-likeness (QED) is 0.480. The Morgan fingerprint density at radius 3 is 2.46 bits per heavy atom. The van der Waals surface area contributed by atoms with Gasteiger partial charge in [-0.25, -0.2) is 4.68 Å². The summed E-state index contributed by atoms with van der Waals surface area (Å²) in [6.07, 6.45) is 0.965. The van der Waals surface area contributed by atoms with Gasteiger partial charge in [-0.1, -0.05) is 68.1 Å². The second kappa shape index (κ2) is 8.76. The molecule has 6 heteroatoms. The topological polar surface area (TPSA) is 66.0 Å². The summed E-state index contributed by atoms with van der Waals surface area (Å²) in [6.45, 7) is 4.64. The molecule has 0 amide bonds. The van der Waals surface area contributed by atoms with E-state index in [1.165, 1.54) is 15.8 Å². The summed E-state index contributed by atoms with van der Waals surface area (Å²) < 4.78 is 7.29. The molecule has 2 N–H and O–H groups in total. The van der Waals surface area contributed by atoms with Crippen LogP contribution in [0.5, 0.6) is 5.75 Å². The van der Waals surface area contributed by atoms with Crippen LogP contribution in [-0.4, -0.2) is 20.6 Å². The average molecular weight is 369 g/mol. The number of ether oxygens (including phenoxy) is 1. The summed E-state index contributed by atoms with van der Waals surface area (Å²) in [5.41, 5.74) is 2.59. The number of aryl methyl sites for hydroxylation is 1. The molecular weight excluding hydrogens is 344 g/mol. The molecular formula is C20H24N4OS. The van der Waals surface area contributed by atoms with E-state index in [-0.39, 0.29) is 0 Å². The highest BCUT2D eigenvalue weighted by Crippen LogP contribution is 2.20. The number of nitrogens with zero attached hydrogens (tertiary/aromatic N) is 3. The largest absolute Gasteiger partial charge is 0.486 e. The molecule has 3 rings (SSSR count). The van der Waals surface area contributed by atoms with Crippen LogP contribution in [-0.2, 0) is 13.0 Å². The van der Waals surface area contributed by atoms with Gasteiger partial charge >= 0.3 is 0 Å². The van der Waals surface area contributed by atoms with Gasteiger partial charge in [0, 0.05) is 5.75 Å².